The quantitative estimate of drug-likeness (QED) is 0.629. The molecule has 0 saturated carbocycles. The molecule has 1 N–H and O–H groups in total. The number of methoxy groups -OCH3 is 1. The minimum Gasteiger partial charge on any atom is -0.454 e. The Balaban J connectivity index is 1.63. The second-order valence-electron chi connectivity index (χ2n) is 9.69. The van der Waals surface area contributed by atoms with E-state index in [2.05, 4.69) is 10.4 Å². The normalized spacial score (nSPS) is 16.6. The first-order valence-corrected chi connectivity index (χ1v) is 11.8. The van der Waals surface area contributed by atoms with E-state index in [4.69, 9.17) is 14.2 Å². The summed E-state index contributed by atoms with van der Waals surface area (Å²) in [6.07, 6.45) is 0.304. The van der Waals surface area contributed by atoms with Crippen molar-refractivity contribution in [3.05, 3.63) is 59.4 Å². The Morgan fingerprint density at radius 3 is 2.67 bits per heavy atom. The van der Waals surface area contributed by atoms with Crippen molar-refractivity contribution in [1.82, 2.24) is 15.2 Å². The Labute approximate surface area is 209 Å². The van der Waals surface area contributed by atoms with Gasteiger partial charge >= 0.3 is 6.03 Å². The van der Waals surface area contributed by atoms with Gasteiger partial charge in [0.25, 0.3) is 5.91 Å². The van der Waals surface area contributed by atoms with Gasteiger partial charge in [-0.2, -0.15) is 5.10 Å². The van der Waals surface area contributed by atoms with E-state index < -0.39 is 23.3 Å². The average Bonchev–Trinajstić information content (AvgIpc) is 3.47. The molecule has 2 aromatic carbocycles. The number of ether oxygens (including phenoxy) is 3. The van der Waals surface area contributed by atoms with Crippen LogP contribution in [-0.4, -0.2) is 66.7 Å². The highest BCUT2D eigenvalue weighted by atomic mass is 19.1. The summed E-state index contributed by atoms with van der Waals surface area (Å²) in [6, 6.07) is 10.9. The number of hydrazone groups is 1. The van der Waals surface area contributed by atoms with Gasteiger partial charge < -0.3 is 24.4 Å². The molecule has 1 atom stereocenters. The maximum absolute atomic E-state index is 14.6. The molecular weight excluding hydrogens is 467 g/mol. The van der Waals surface area contributed by atoms with Crippen molar-refractivity contribution in [2.24, 2.45) is 5.10 Å². The minimum atomic E-state index is -0.503. The fourth-order valence-corrected chi connectivity index (χ4v) is 4.07. The second kappa shape index (κ2) is 10.5. The molecule has 36 heavy (non-hydrogen) atoms. The molecule has 0 fully saturated rings. The molecule has 0 saturated heterocycles. The van der Waals surface area contributed by atoms with Gasteiger partial charge in [0.15, 0.2) is 11.5 Å². The van der Waals surface area contributed by atoms with Crippen molar-refractivity contribution < 1.29 is 28.2 Å². The van der Waals surface area contributed by atoms with Gasteiger partial charge in [0.05, 0.1) is 18.4 Å². The molecule has 0 spiro atoms. The summed E-state index contributed by atoms with van der Waals surface area (Å²) in [4.78, 5) is 27.9. The number of halogens is 1. The minimum absolute atomic E-state index is 0.125. The number of carbonyl (C=O) groups is 2. The van der Waals surface area contributed by atoms with Crippen LogP contribution in [0.25, 0.3) is 0 Å². The van der Waals surface area contributed by atoms with Gasteiger partial charge in [-0.3, -0.25) is 4.79 Å². The molecule has 2 aliphatic rings. The van der Waals surface area contributed by atoms with E-state index in [0.29, 0.717) is 29.2 Å². The first-order valence-electron chi connectivity index (χ1n) is 11.8. The summed E-state index contributed by atoms with van der Waals surface area (Å²) in [7, 11) is 1.53. The fourth-order valence-electron chi connectivity index (χ4n) is 4.07. The number of urea groups is 1. The van der Waals surface area contributed by atoms with Gasteiger partial charge in [0.1, 0.15) is 12.4 Å². The van der Waals surface area contributed by atoms with Gasteiger partial charge in [-0.1, -0.05) is 24.3 Å². The third-order valence-electron chi connectivity index (χ3n) is 5.79. The van der Waals surface area contributed by atoms with E-state index in [-0.39, 0.29) is 32.5 Å². The predicted molar refractivity (Wildman–Crippen MR) is 131 cm³/mol. The van der Waals surface area contributed by atoms with Crippen molar-refractivity contribution >= 4 is 17.6 Å². The lowest BCUT2D eigenvalue weighted by molar-refractivity contribution is -0.133. The fraction of sp³-hybridized carbons (Fsp3) is 0.423. The number of carbonyl (C=O) groups excluding carboxylic acids is 2. The van der Waals surface area contributed by atoms with Crippen LogP contribution in [0.2, 0.25) is 0 Å². The maximum atomic E-state index is 14.6. The Hall–Kier alpha value is -3.66. The van der Waals surface area contributed by atoms with Crippen LogP contribution in [0, 0.1) is 5.82 Å². The molecule has 3 amide bonds. The Morgan fingerprint density at radius 1 is 1.19 bits per heavy atom. The summed E-state index contributed by atoms with van der Waals surface area (Å²) in [6.45, 7) is 5.98. The molecule has 10 heteroatoms. The number of amides is 3. The number of hydrogen-bond donors (Lipinski definition) is 1. The lowest BCUT2D eigenvalue weighted by Crippen LogP contribution is -2.52. The third-order valence-corrected chi connectivity index (χ3v) is 5.79. The molecule has 192 valence electrons. The van der Waals surface area contributed by atoms with Crippen LogP contribution in [0.5, 0.6) is 11.5 Å². The van der Waals surface area contributed by atoms with Crippen LogP contribution >= 0.6 is 0 Å². The van der Waals surface area contributed by atoms with Gasteiger partial charge in [-0.05, 0) is 44.5 Å². The van der Waals surface area contributed by atoms with Crippen molar-refractivity contribution in [2.75, 3.05) is 33.6 Å². The summed E-state index contributed by atoms with van der Waals surface area (Å²) < 4.78 is 30.7. The van der Waals surface area contributed by atoms with Crippen molar-refractivity contribution in [3.63, 3.8) is 0 Å². The van der Waals surface area contributed by atoms with E-state index in [1.54, 1.807) is 24.3 Å². The summed E-state index contributed by atoms with van der Waals surface area (Å²) in [5, 5.41) is 8.76. The van der Waals surface area contributed by atoms with Crippen LogP contribution in [0.4, 0.5) is 9.18 Å². The molecule has 2 aliphatic heterocycles. The zero-order valence-electron chi connectivity index (χ0n) is 20.9. The SMILES string of the molecule is COCCN(CC(=O)N1N=C(c2ccccc2F)C[C@H]1c1ccc2c(c1)OCO2)C(=O)NC(C)(C)C. The first-order chi connectivity index (χ1) is 17.2. The van der Waals surface area contributed by atoms with Gasteiger partial charge in [0.2, 0.25) is 6.79 Å². The first kappa shape index (κ1) is 25.4. The molecule has 0 aliphatic carbocycles. The van der Waals surface area contributed by atoms with Crippen molar-refractivity contribution in [1.29, 1.82) is 0 Å². The molecule has 0 aromatic heterocycles. The van der Waals surface area contributed by atoms with Gasteiger partial charge in [-0.25, -0.2) is 14.2 Å². The van der Waals surface area contributed by atoms with Gasteiger partial charge in [0, 0.05) is 31.2 Å². The standard InChI is InChI=1S/C26H31FN4O5/c1-26(2,3)28-25(33)30(11-12-34-4)15-24(32)31-21(17-9-10-22-23(13-17)36-16-35-22)14-20(29-31)18-7-5-6-8-19(18)27/h5-10,13,21H,11-12,14-16H2,1-4H3,(H,28,33)/t21-/m0/s1. The number of benzene rings is 2. The van der Waals surface area contributed by atoms with E-state index in [1.165, 1.54) is 23.1 Å². The van der Waals surface area contributed by atoms with E-state index in [0.717, 1.165) is 5.56 Å². The zero-order valence-corrected chi connectivity index (χ0v) is 20.9. The highest BCUT2D eigenvalue weighted by Gasteiger charge is 2.36. The lowest BCUT2D eigenvalue weighted by Gasteiger charge is -2.30. The number of rotatable bonds is 7. The maximum Gasteiger partial charge on any atom is 0.318 e. The highest BCUT2D eigenvalue weighted by molar-refractivity contribution is 6.03. The molecular formula is C26H31FN4O5. The monoisotopic (exact) mass is 498 g/mol. The molecule has 2 aromatic rings. The van der Waals surface area contributed by atoms with Crippen LogP contribution in [0.1, 0.15) is 44.4 Å². The van der Waals surface area contributed by atoms with Crippen LogP contribution in [0.15, 0.2) is 47.6 Å². The zero-order chi connectivity index (χ0) is 25.9. The number of fused-ring (bicyclic) bond motifs is 1. The Morgan fingerprint density at radius 2 is 1.94 bits per heavy atom. The van der Waals surface area contributed by atoms with E-state index >= 15 is 0 Å². The average molecular weight is 499 g/mol. The smallest absolute Gasteiger partial charge is 0.318 e. The number of nitrogens with one attached hydrogen (secondary N) is 1. The molecule has 2 heterocycles. The van der Waals surface area contributed by atoms with Gasteiger partial charge in [-0.15, -0.1) is 0 Å². The molecule has 4 rings (SSSR count). The van der Waals surface area contributed by atoms with Crippen LogP contribution < -0.4 is 14.8 Å². The summed E-state index contributed by atoms with van der Waals surface area (Å²) >= 11 is 0. The van der Waals surface area contributed by atoms with Crippen LogP contribution in [0.3, 0.4) is 0 Å². The molecule has 9 nitrogen and oxygen atoms in total. The second-order valence-corrected chi connectivity index (χ2v) is 9.69. The van der Waals surface area contributed by atoms with Crippen molar-refractivity contribution in [3.8, 4) is 11.5 Å². The highest BCUT2D eigenvalue weighted by Crippen LogP contribution is 2.39. The third kappa shape index (κ3) is 5.76. The predicted octanol–water partition coefficient (Wildman–Crippen LogP) is 3.69. The largest absolute Gasteiger partial charge is 0.454 e. The molecule has 0 radical (unpaired) electrons. The number of hydrogen-bond acceptors (Lipinski definition) is 6. The Kier molecular flexibility index (Phi) is 7.44. The summed E-state index contributed by atoms with van der Waals surface area (Å²) in [5.41, 5.74) is 1.07. The lowest BCUT2D eigenvalue weighted by atomic mass is 9.97. The number of nitrogens with zero attached hydrogens (tertiary/aromatic N) is 3. The topological polar surface area (TPSA) is 92.7 Å². The molecule has 0 bridgehead atoms. The van der Waals surface area contributed by atoms with E-state index in [9.17, 15) is 14.0 Å². The molecule has 0 unspecified atom stereocenters. The van der Waals surface area contributed by atoms with Crippen molar-refractivity contribution in [2.45, 2.75) is 38.8 Å². The Bertz CT molecular complexity index is 1160. The van der Waals surface area contributed by atoms with Crippen LogP contribution in [-0.2, 0) is 9.53 Å². The summed E-state index contributed by atoms with van der Waals surface area (Å²) in [5.74, 6) is 0.380. The van der Waals surface area contributed by atoms with E-state index in [1.807, 2.05) is 32.9 Å².